The van der Waals surface area contributed by atoms with Crippen molar-refractivity contribution in [3.63, 3.8) is 0 Å². The van der Waals surface area contributed by atoms with Crippen LogP contribution < -0.4 is 11.1 Å². The van der Waals surface area contributed by atoms with Crippen molar-refractivity contribution in [2.45, 2.75) is 17.8 Å². The summed E-state index contributed by atoms with van der Waals surface area (Å²) in [7, 11) is 0. The lowest BCUT2D eigenvalue weighted by atomic mass is 10.0. The van der Waals surface area contributed by atoms with Crippen LogP contribution in [0.4, 0.5) is 0 Å². The zero-order valence-electron chi connectivity index (χ0n) is 10.5. The molecule has 1 saturated heterocycles. The molecule has 2 atom stereocenters. The van der Waals surface area contributed by atoms with Crippen molar-refractivity contribution >= 4 is 23.5 Å². The van der Waals surface area contributed by atoms with Gasteiger partial charge in [0.2, 0.25) is 0 Å². The molecule has 0 saturated carbocycles. The molecule has 0 spiro atoms. The fourth-order valence-electron chi connectivity index (χ4n) is 2.26. The highest BCUT2D eigenvalue weighted by atomic mass is 35.5. The summed E-state index contributed by atoms with van der Waals surface area (Å²) in [5.74, 6) is -0.531. The number of nitrogens with one attached hydrogen (secondary N) is 2. The zero-order chi connectivity index (χ0) is 13.8. The summed E-state index contributed by atoms with van der Waals surface area (Å²) in [4.78, 5) is 13.8. The minimum Gasteiger partial charge on any atom is -0.370 e. The summed E-state index contributed by atoms with van der Waals surface area (Å²) in [6.07, 6.45) is 0.687. The predicted molar refractivity (Wildman–Crippen MR) is 75.4 cm³/mol. The molecule has 1 aliphatic heterocycles. The van der Waals surface area contributed by atoms with Gasteiger partial charge in [0.05, 0.1) is 11.4 Å². The standard InChI is InChI=1S/C13H17ClN4O/c14-10-8-17-7-6-11(10)18(13(15)16)12(19)9-4-2-1-3-5-9/h1-5,10-11,17H,6-8H2,(H3,15,16). The molecular formula is C13H17ClN4O. The molecule has 0 bridgehead atoms. The van der Waals surface area contributed by atoms with Crippen LogP contribution in [0.25, 0.3) is 0 Å². The first-order chi connectivity index (χ1) is 9.11. The Labute approximate surface area is 117 Å². The van der Waals surface area contributed by atoms with Crippen LogP contribution >= 0.6 is 11.6 Å². The van der Waals surface area contributed by atoms with Crippen LogP contribution in [0.5, 0.6) is 0 Å². The van der Waals surface area contributed by atoms with E-state index in [0.717, 1.165) is 6.54 Å². The Morgan fingerprint density at radius 2 is 2.11 bits per heavy atom. The molecule has 19 heavy (non-hydrogen) atoms. The first kappa shape index (κ1) is 13.8. The second-order valence-electron chi connectivity index (χ2n) is 4.50. The number of alkyl halides is 1. The number of hydrogen-bond donors (Lipinski definition) is 3. The fraction of sp³-hybridized carbons (Fsp3) is 0.385. The molecule has 0 aromatic heterocycles. The highest BCUT2D eigenvalue weighted by molar-refractivity contribution is 6.22. The SMILES string of the molecule is N=C(N)N(C(=O)c1ccccc1)C1CCNCC1Cl. The van der Waals surface area contributed by atoms with Crippen LogP contribution in [0.3, 0.4) is 0 Å². The third-order valence-electron chi connectivity index (χ3n) is 3.20. The van der Waals surface area contributed by atoms with E-state index in [0.29, 0.717) is 18.5 Å². The van der Waals surface area contributed by atoms with E-state index in [1.54, 1.807) is 24.3 Å². The maximum absolute atomic E-state index is 12.5. The third kappa shape index (κ3) is 3.05. The normalized spacial score (nSPS) is 22.8. The van der Waals surface area contributed by atoms with Gasteiger partial charge in [-0.05, 0) is 25.1 Å². The molecule has 1 aromatic carbocycles. The molecule has 1 fully saturated rings. The van der Waals surface area contributed by atoms with Gasteiger partial charge in [-0.25, -0.2) is 0 Å². The molecule has 2 unspecified atom stereocenters. The van der Waals surface area contributed by atoms with Gasteiger partial charge in [-0.3, -0.25) is 15.1 Å². The number of guanidine groups is 1. The fourth-order valence-corrected chi connectivity index (χ4v) is 2.60. The van der Waals surface area contributed by atoms with Gasteiger partial charge in [0.15, 0.2) is 5.96 Å². The quantitative estimate of drug-likeness (QED) is 0.429. The zero-order valence-corrected chi connectivity index (χ0v) is 11.2. The Balaban J connectivity index is 2.25. The van der Waals surface area contributed by atoms with E-state index in [1.807, 2.05) is 6.07 Å². The van der Waals surface area contributed by atoms with Crippen LogP contribution in [0.1, 0.15) is 16.8 Å². The predicted octanol–water partition coefficient (Wildman–Crippen LogP) is 0.992. The molecular weight excluding hydrogens is 264 g/mol. The largest absolute Gasteiger partial charge is 0.370 e. The number of nitrogens with two attached hydrogens (primary N) is 1. The Bertz CT molecular complexity index is 465. The van der Waals surface area contributed by atoms with Gasteiger partial charge in [0.1, 0.15) is 0 Å². The maximum Gasteiger partial charge on any atom is 0.260 e. The van der Waals surface area contributed by atoms with Crippen molar-refractivity contribution in [1.82, 2.24) is 10.2 Å². The van der Waals surface area contributed by atoms with Gasteiger partial charge in [-0.15, -0.1) is 11.6 Å². The molecule has 5 nitrogen and oxygen atoms in total. The summed E-state index contributed by atoms with van der Waals surface area (Å²) in [6.45, 7) is 1.37. The van der Waals surface area contributed by atoms with Crippen LogP contribution in [-0.4, -0.2) is 41.3 Å². The Morgan fingerprint density at radius 1 is 1.42 bits per heavy atom. The van der Waals surface area contributed by atoms with Crippen LogP contribution in [0.15, 0.2) is 30.3 Å². The molecule has 1 aliphatic rings. The molecule has 4 N–H and O–H groups in total. The summed E-state index contributed by atoms with van der Waals surface area (Å²) in [5, 5.41) is 10.6. The van der Waals surface area contributed by atoms with Crippen molar-refractivity contribution in [2.24, 2.45) is 5.73 Å². The van der Waals surface area contributed by atoms with Crippen molar-refractivity contribution in [1.29, 1.82) is 5.41 Å². The van der Waals surface area contributed by atoms with Gasteiger partial charge in [-0.1, -0.05) is 18.2 Å². The number of piperidine rings is 1. The molecule has 1 heterocycles. The first-order valence-corrected chi connectivity index (χ1v) is 6.62. The molecule has 102 valence electrons. The van der Waals surface area contributed by atoms with E-state index in [2.05, 4.69) is 5.32 Å². The number of nitrogens with zero attached hydrogens (tertiary/aromatic N) is 1. The number of hydrogen-bond acceptors (Lipinski definition) is 3. The lowest BCUT2D eigenvalue weighted by Crippen LogP contribution is -2.56. The van der Waals surface area contributed by atoms with E-state index in [1.165, 1.54) is 4.90 Å². The number of benzene rings is 1. The number of halogens is 1. The van der Waals surface area contributed by atoms with Gasteiger partial charge in [0, 0.05) is 12.1 Å². The smallest absolute Gasteiger partial charge is 0.260 e. The average Bonchev–Trinajstić information content (AvgIpc) is 2.42. The minimum absolute atomic E-state index is 0.242. The van der Waals surface area contributed by atoms with Crippen molar-refractivity contribution < 1.29 is 4.79 Å². The Kier molecular flexibility index (Phi) is 4.39. The molecule has 1 amide bonds. The number of carbonyl (C=O) groups excluding carboxylic acids is 1. The minimum atomic E-state index is -0.273. The van der Waals surface area contributed by atoms with Gasteiger partial charge in [-0.2, -0.15) is 0 Å². The third-order valence-corrected chi connectivity index (χ3v) is 3.65. The van der Waals surface area contributed by atoms with Crippen LogP contribution in [-0.2, 0) is 0 Å². The van der Waals surface area contributed by atoms with E-state index in [-0.39, 0.29) is 23.3 Å². The number of rotatable bonds is 2. The van der Waals surface area contributed by atoms with Gasteiger partial charge < -0.3 is 11.1 Å². The van der Waals surface area contributed by atoms with Crippen molar-refractivity contribution in [3.8, 4) is 0 Å². The number of amides is 1. The van der Waals surface area contributed by atoms with Gasteiger partial charge >= 0.3 is 0 Å². The molecule has 6 heteroatoms. The van der Waals surface area contributed by atoms with E-state index < -0.39 is 0 Å². The summed E-state index contributed by atoms with van der Waals surface area (Å²) < 4.78 is 0. The van der Waals surface area contributed by atoms with Crippen LogP contribution in [0, 0.1) is 5.41 Å². The summed E-state index contributed by atoms with van der Waals surface area (Å²) >= 11 is 6.24. The average molecular weight is 281 g/mol. The first-order valence-electron chi connectivity index (χ1n) is 6.18. The monoisotopic (exact) mass is 280 g/mol. The lowest BCUT2D eigenvalue weighted by molar-refractivity contribution is 0.0780. The highest BCUT2D eigenvalue weighted by Crippen LogP contribution is 2.19. The van der Waals surface area contributed by atoms with Crippen LogP contribution in [0.2, 0.25) is 0 Å². The second kappa shape index (κ2) is 6.04. The number of carbonyl (C=O) groups is 1. The Morgan fingerprint density at radius 3 is 2.68 bits per heavy atom. The van der Waals surface area contributed by atoms with E-state index >= 15 is 0 Å². The Hall–Kier alpha value is -1.59. The second-order valence-corrected chi connectivity index (χ2v) is 5.06. The van der Waals surface area contributed by atoms with E-state index in [9.17, 15) is 4.79 Å². The molecule has 0 radical (unpaired) electrons. The van der Waals surface area contributed by atoms with Crippen molar-refractivity contribution in [3.05, 3.63) is 35.9 Å². The summed E-state index contributed by atoms with van der Waals surface area (Å²) in [6, 6.07) is 8.58. The van der Waals surface area contributed by atoms with Gasteiger partial charge in [0.25, 0.3) is 5.91 Å². The molecule has 1 aromatic rings. The lowest BCUT2D eigenvalue weighted by Gasteiger charge is -2.36. The highest BCUT2D eigenvalue weighted by Gasteiger charge is 2.34. The maximum atomic E-state index is 12.5. The topological polar surface area (TPSA) is 82.2 Å². The van der Waals surface area contributed by atoms with E-state index in [4.69, 9.17) is 22.7 Å². The molecule has 0 aliphatic carbocycles. The summed E-state index contributed by atoms with van der Waals surface area (Å²) in [5.41, 5.74) is 6.09. The van der Waals surface area contributed by atoms with Crippen molar-refractivity contribution in [2.75, 3.05) is 13.1 Å². The molecule has 2 rings (SSSR count).